The molecule has 0 saturated carbocycles. The highest BCUT2D eigenvalue weighted by Gasteiger charge is 2.50. The second-order valence-electron chi connectivity index (χ2n) is 10.2. The number of aliphatic carboxylic acids is 1. The summed E-state index contributed by atoms with van der Waals surface area (Å²) in [6.07, 6.45) is 5.32. The van der Waals surface area contributed by atoms with Crippen LogP contribution < -0.4 is 10.1 Å². The van der Waals surface area contributed by atoms with Crippen molar-refractivity contribution in [2.45, 2.75) is 5.60 Å². The van der Waals surface area contributed by atoms with Gasteiger partial charge in [0, 0.05) is 30.0 Å². The van der Waals surface area contributed by atoms with E-state index in [4.69, 9.17) is 9.47 Å². The van der Waals surface area contributed by atoms with Gasteiger partial charge in [-0.2, -0.15) is 5.10 Å². The Labute approximate surface area is 253 Å². The van der Waals surface area contributed by atoms with Gasteiger partial charge in [0.1, 0.15) is 28.9 Å². The first-order valence-corrected chi connectivity index (χ1v) is 13.9. The summed E-state index contributed by atoms with van der Waals surface area (Å²) in [7, 11) is 1.57. The molecule has 2 aromatic heterocycles. The van der Waals surface area contributed by atoms with Gasteiger partial charge < -0.3 is 24.8 Å². The Bertz CT molecular complexity index is 1860. The third kappa shape index (κ3) is 5.30. The van der Waals surface area contributed by atoms with Crippen molar-refractivity contribution in [1.82, 2.24) is 19.5 Å². The molecule has 3 heterocycles. The van der Waals surface area contributed by atoms with Crippen LogP contribution in [0.2, 0.25) is 0 Å². The van der Waals surface area contributed by atoms with E-state index in [0.717, 1.165) is 17.3 Å². The number of rotatable bonds is 10. The van der Waals surface area contributed by atoms with Crippen LogP contribution in [0, 0.1) is 0 Å². The number of nitrogens with one attached hydrogen (secondary N) is 1. The summed E-state index contributed by atoms with van der Waals surface area (Å²) in [4.78, 5) is 30.5. The highest BCUT2D eigenvalue weighted by Crippen LogP contribution is 2.46. The summed E-state index contributed by atoms with van der Waals surface area (Å²) >= 11 is 0. The van der Waals surface area contributed by atoms with E-state index in [1.54, 1.807) is 22.6 Å². The minimum atomic E-state index is -1.11. The van der Waals surface area contributed by atoms with E-state index in [-0.39, 0.29) is 19.0 Å². The Morgan fingerprint density at radius 1 is 0.977 bits per heavy atom. The maximum atomic E-state index is 12.4. The molecule has 1 fully saturated rings. The van der Waals surface area contributed by atoms with Crippen molar-refractivity contribution in [3.63, 3.8) is 0 Å². The second-order valence-corrected chi connectivity index (χ2v) is 10.2. The largest absolute Gasteiger partial charge is 0.478 e. The van der Waals surface area contributed by atoms with Crippen LogP contribution in [0.1, 0.15) is 11.3 Å². The highest BCUT2D eigenvalue weighted by molar-refractivity contribution is 5.99. The summed E-state index contributed by atoms with van der Waals surface area (Å²) in [6.45, 7) is 4.05. The maximum Gasteiger partial charge on any atom is 0.328 e. The number of nitrogens with zero attached hydrogens (tertiary/aromatic N) is 4. The van der Waals surface area contributed by atoms with Gasteiger partial charge in [0.25, 0.3) is 0 Å². The number of amides is 1. The van der Waals surface area contributed by atoms with Gasteiger partial charge in [-0.25, -0.2) is 14.3 Å². The lowest BCUT2D eigenvalue weighted by molar-refractivity contribution is -0.161. The first kappa shape index (κ1) is 28.4. The normalized spacial score (nSPS) is 13.9. The molecule has 44 heavy (non-hydrogen) atoms. The van der Waals surface area contributed by atoms with Crippen LogP contribution in [0.5, 0.6) is 11.5 Å². The molecule has 0 spiro atoms. The summed E-state index contributed by atoms with van der Waals surface area (Å²) in [5.74, 6) is 0.510. The standard InChI is InChI=1S/C34H29N5O5/c1-3-28(40)38-20-34(21-38,43-2)32-27(18-19-29(41)42)30(23-14-16-26(17-15-23)44-25-12-8-5-9-13-25)31-33(35-22-36-39(31)32)37-24-10-6-4-7-11-24/h3-19,22H,1,20-21H2,2H3,(H,41,42)(H,35,36,37)/b19-18+. The Kier molecular flexibility index (Phi) is 7.65. The molecule has 1 aliphatic rings. The Morgan fingerprint density at radius 3 is 2.27 bits per heavy atom. The number of hydrogen-bond donors (Lipinski definition) is 2. The molecule has 0 bridgehead atoms. The number of hydrogen-bond acceptors (Lipinski definition) is 7. The Morgan fingerprint density at radius 2 is 1.64 bits per heavy atom. The molecule has 1 aliphatic heterocycles. The fourth-order valence-corrected chi connectivity index (χ4v) is 5.45. The van der Waals surface area contributed by atoms with Gasteiger partial charge in [-0.15, -0.1) is 0 Å². The van der Waals surface area contributed by atoms with Gasteiger partial charge in [0.05, 0.1) is 18.8 Å². The number of para-hydroxylation sites is 2. The predicted octanol–water partition coefficient (Wildman–Crippen LogP) is 5.90. The van der Waals surface area contributed by atoms with E-state index in [0.29, 0.717) is 39.7 Å². The molecule has 3 aromatic carbocycles. The molecule has 5 aromatic rings. The summed E-state index contributed by atoms with van der Waals surface area (Å²) in [6, 6.07) is 26.6. The van der Waals surface area contributed by atoms with Crippen LogP contribution in [0.3, 0.4) is 0 Å². The van der Waals surface area contributed by atoms with E-state index in [9.17, 15) is 14.7 Å². The van der Waals surface area contributed by atoms with Gasteiger partial charge in [0.2, 0.25) is 5.91 Å². The zero-order valence-corrected chi connectivity index (χ0v) is 23.9. The third-order valence-electron chi connectivity index (χ3n) is 7.52. The van der Waals surface area contributed by atoms with Crippen molar-refractivity contribution in [2.75, 3.05) is 25.5 Å². The molecule has 0 atom stereocenters. The molecule has 0 radical (unpaired) electrons. The van der Waals surface area contributed by atoms with Gasteiger partial charge in [0.15, 0.2) is 5.82 Å². The molecule has 2 N–H and O–H groups in total. The predicted molar refractivity (Wildman–Crippen MR) is 167 cm³/mol. The average Bonchev–Trinajstić information content (AvgIpc) is 3.36. The van der Waals surface area contributed by atoms with E-state index >= 15 is 0 Å². The Hall–Kier alpha value is -5.74. The van der Waals surface area contributed by atoms with Gasteiger partial charge in [-0.1, -0.05) is 55.1 Å². The maximum absolute atomic E-state index is 12.4. The first-order valence-electron chi connectivity index (χ1n) is 13.9. The molecule has 220 valence electrons. The summed E-state index contributed by atoms with van der Waals surface area (Å²) in [5.41, 5.74) is 3.07. The monoisotopic (exact) mass is 587 g/mol. The topological polar surface area (TPSA) is 118 Å². The number of ether oxygens (including phenoxy) is 2. The lowest BCUT2D eigenvalue weighted by atomic mass is 9.85. The number of carboxylic acid groups (broad SMARTS) is 1. The molecule has 1 saturated heterocycles. The highest BCUT2D eigenvalue weighted by atomic mass is 16.5. The third-order valence-corrected chi connectivity index (χ3v) is 7.52. The number of methoxy groups -OCH3 is 1. The summed E-state index contributed by atoms with van der Waals surface area (Å²) in [5, 5.41) is 17.7. The zero-order valence-electron chi connectivity index (χ0n) is 23.9. The molecule has 10 heteroatoms. The van der Waals surface area contributed by atoms with E-state index in [1.165, 1.54) is 12.4 Å². The fraction of sp³-hybridized carbons (Fsp3) is 0.118. The summed E-state index contributed by atoms with van der Waals surface area (Å²) < 4.78 is 13.8. The van der Waals surface area contributed by atoms with E-state index in [2.05, 4.69) is 22.0 Å². The molecule has 1 amide bonds. The van der Waals surface area contributed by atoms with Crippen LogP contribution in [-0.2, 0) is 19.9 Å². The molecule has 6 rings (SSSR count). The molecular weight excluding hydrogens is 558 g/mol. The Balaban J connectivity index is 1.57. The minimum Gasteiger partial charge on any atom is -0.478 e. The van der Waals surface area contributed by atoms with E-state index < -0.39 is 11.6 Å². The minimum absolute atomic E-state index is 0.225. The lowest BCUT2D eigenvalue weighted by Crippen LogP contribution is -2.62. The van der Waals surface area contributed by atoms with E-state index in [1.807, 2.05) is 84.9 Å². The van der Waals surface area contributed by atoms with Crippen molar-refractivity contribution >= 4 is 35.0 Å². The van der Waals surface area contributed by atoms with Crippen LogP contribution in [0.25, 0.3) is 22.7 Å². The van der Waals surface area contributed by atoms with Crippen molar-refractivity contribution in [3.8, 4) is 22.6 Å². The number of benzene rings is 3. The van der Waals surface area contributed by atoms with Crippen molar-refractivity contribution in [3.05, 3.63) is 121 Å². The quantitative estimate of drug-likeness (QED) is 0.194. The molecule has 0 unspecified atom stereocenters. The molecular formula is C34H29N5O5. The number of likely N-dealkylation sites (tertiary alicyclic amines) is 1. The van der Waals surface area contributed by atoms with Gasteiger partial charge >= 0.3 is 5.97 Å². The number of fused-ring (bicyclic) bond motifs is 1. The smallest absolute Gasteiger partial charge is 0.328 e. The number of carbonyl (C=O) groups excluding carboxylic acids is 1. The SMILES string of the molecule is C=CC(=O)N1CC(OC)(c2c(/C=C/C(=O)O)c(-c3ccc(Oc4ccccc4)cc3)c3c(Nc4ccccc4)ncnn23)C1. The van der Waals surface area contributed by atoms with Crippen LogP contribution in [0.4, 0.5) is 11.5 Å². The first-order chi connectivity index (χ1) is 21.4. The number of anilines is 2. The number of carboxylic acids is 1. The van der Waals surface area contributed by atoms with Crippen LogP contribution in [0.15, 0.2) is 110 Å². The lowest BCUT2D eigenvalue weighted by Gasteiger charge is -2.48. The van der Waals surface area contributed by atoms with Crippen LogP contribution in [-0.4, -0.2) is 56.7 Å². The average molecular weight is 588 g/mol. The van der Waals surface area contributed by atoms with Crippen LogP contribution >= 0.6 is 0 Å². The number of aromatic nitrogens is 3. The van der Waals surface area contributed by atoms with Gasteiger partial charge in [-0.3, -0.25) is 4.79 Å². The van der Waals surface area contributed by atoms with Gasteiger partial charge in [-0.05, 0) is 54.1 Å². The van der Waals surface area contributed by atoms with Crippen molar-refractivity contribution in [2.24, 2.45) is 0 Å². The van der Waals surface area contributed by atoms with Crippen molar-refractivity contribution < 1.29 is 24.2 Å². The molecule has 10 nitrogen and oxygen atoms in total. The molecule has 0 aliphatic carbocycles. The zero-order chi connectivity index (χ0) is 30.7. The van der Waals surface area contributed by atoms with Crippen molar-refractivity contribution in [1.29, 1.82) is 0 Å². The fourth-order valence-electron chi connectivity index (χ4n) is 5.45. The second kappa shape index (κ2) is 11.9. The number of carbonyl (C=O) groups is 2.